The van der Waals surface area contributed by atoms with Crippen LogP contribution in [-0.4, -0.2) is 50.3 Å². The molecule has 1 N–H and O–H groups in total. The zero-order valence-electron chi connectivity index (χ0n) is 12.1. The van der Waals surface area contributed by atoms with Gasteiger partial charge in [-0.05, 0) is 46.1 Å². The van der Waals surface area contributed by atoms with E-state index in [-0.39, 0.29) is 5.54 Å². The molecule has 0 aromatic carbocycles. The van der Waals surface area contributed by atoms with Gasteiger partial charge in [0, 0.05) is 31.8 Å². The Bertz CT molecular complexity index is 200. The number of nitrogens with one attached hydrogen (secondary N) is 1. The Morgan fingerprint density at radius 1 is 1.41 bits per heavy atom. The largest absolute Gasteiger partial charge is 0.381 e. The van der Waals surface area contributed by atoms with Crippen molar-refractivity contribution in [2.24, 2.45) is 5.92 Å². The first-order valence-electron chi connectivity index (χ1n) is 7.05. The molecule has 1 heterocycles. The maximum atomic E-state index is 5.52. The van der Waals surface area contributed by atoms with Crippen molar-refractivity contribution < 1.29 is 4.74 Å². The fourth-order valence-corrected chi connectivity index (χ4v) is 2.19. The fourth-order valence-electron chi connectivity index (χ4n) is 2.19. The fraction of sp³-hybridized carbons (Fsp3) is 1.00. The van der Waals surface area contributed by atoms with Gasteiger partial charge in [-0.15, -0.1) is 0 Å². The normalized spacial score (nSPS) is 22.1. The van der Waals surface area contributed by atoms with Crippen LogP contribution >= 0.6 is 0 Å². The molecule has 0 amide bonds. The molecule has 1 atom stereocenters. The molecule has 0 aromatic rings. The number of nitrogens with zero attached hydrogens (tertiary/aromatic N) is 1. The second-order valence-electron chi connectivity index (χ2n) is 6.01. The minimum absolute atomic E-state index is 0.273. The molecule has 1 fully saturated rings. The van der Waals surface area contributed by atoms with Crippen molar-refractivity contribution in [3.05, 3.63) is 0 Å². The summed E-state index contributed by atoms with van der Waals surface area (Å²) in [4.78, 5) is 2.43. The molecule has 1 saturated heterocycles. The van der Waals surface area contributed by atoms with Gasteiger partial charge >= 0.3 is 0 Å². The van der Waals surface area contributed by atoms with E-state index in [9.17, 15) is 0 Å². The van der Waals surface area contributed by atoms with E-state index >= 15 is 0 Å². The highest BCUT2D eigenvalue weighted by atomic mass is 16.5. The molecule has 1 aliphatic heterocycles. The molecule has 17 heavy (non-hydrogen) atoms. The van der Waals surface area contributed by atoms with Gasteiger partial charge in [0.2, 0.25) is 0 Å². The number of likely N-dealkylation sites (N-methyl/N-ethyl adjacent to an activating group) is 1. The Labute approximate surface area is 107 Å². The quantitative estimate of drug-likeness (QED) is 0.740. The van der Waals surface area contributed by atoms with E-state index in [0.29, 0.717) is 0 Å². The lowest BCUT2D eigenvalue weighted by Gasteiger charge is -2.29. The van der Waals surface area contributed by atoms with Gasteiger partial charge in [0.15, 0.2) is 0 Å². The molecule has 3 nitrogen and oxygen atoms in total. The summed E-state index contributed by atoms with van der Waals surface area (Å²) in [6.07, 6.45) is 3.74. The van der Waals surface area contributed by atoms with Gasteiger partial charge in [0.1, 0.15) is 0 Å². The maximum Gasteiger partial charge on any atom is 0.0506 e. The van der Waals surface area contributed by atoms with Gasteiger partial charge in [-0.1, -0.05) is 6.92 Å². The Hall–Kier alpha value is -0.120. The van der Waals surface area contributed by atoms with Crippen molar-refractivity contribution in [3.63, 3.8) is 0 Å². The van der Waals surface area contributed by atoms with Crippen molar-refractivity contribution >= 4 is 0 Å². The first-order chi connectivity index (χ1) is 8.03. The van der Waals surface area contributed by atoms with E-state index in [0.717, 1.165) is 32.2 Å². The van der Waals surface area contributed by atoms with Gasteiger partial charge in [0.05, 0.1) is 6.61 Å². The second kappa shape index (κ2) is 7.34. The van der Waals surface area contributed by atoms with E-state index in [1.165, 1.54) is 25.8 Å². The summed E-state index contributed by atoms with van der Waals surface area (Å²) < 4.78 is 5.52. The van der Waals surface area contributed by atoms with Gasteiger partial charge in [0.25, 0.3) is 0 Å². The van der Waals surface area contributed by atoms with Crippen LogP contribution in [-0.2, 0) is 4.74 Å². The zero-order chi connectivity index (χ0) is 12.7. The average Bonchev–Trinajstić information content (AvgIpc) is 2.30. The van der Waals surface area contributed by atoms with Crippen molar-refractivity contribution in [1.29, 1.82) is 0 Å². The van der Waals surface area contributed by atoms with Gasteiger partial charge in [-0.3, -0.25) is 0 Å². The van der Waals surface area contributed by atoms with Crippen LogP contribution in [0.15, 0.2) is 0 Å². The molecule has 0 spiro atoms. The summed E-state index contributed by atoms with van der Waals surface area (Å²) in [6.45, 7) is 12.1. The Morgan fingerprint density at radius 2 is 2.18 bits per heavy atom. The van der Waals surface area contributed by atoms with E-state index in [2.05, 4.69) is 38.0 Å². The van der Waals surface area contributed by atoms with Crippen molar-refractivity contribution in [2.45, 2.75) is 45.6 Å². The van der Waals surface area contributed by atoms with Crippen LogP contribution in [0, 0.1) is 5.92 Å². The standard InChI is InChI=1S/C14H30N2O/c1-5-14(2,3)15-8-9-16(4)11-13-7-6-10-17-12-13/h13,15H,5-12H2,1-4H3. The van der Waals surface area contributed by atoms with Crippen LogP contribution in [0.25, 0.3) is 0 Å². The molecule has 1 unspecified atom stereocenters. The molecular formula is C14H30N2O. The predicted molar refractivity (Wildman–Crippen MR) is 73.4 cm³/mol. The van der Waals surface area contributed by atoms with Crippen LogP contribution in [0.5, 0.6) is 0 Å². The van der Waals surface area contributed by atoms with Crippen LogP contribution < -0.4 is 5.32 Å². The molecule has 0 radical (unpaired) electrons. The summed E-state index contributed by atoms with van der Waals surface area (Å²) >= 11 is 0. The lowest BCUT2D eigenvalue weighted by atomic mass is 10.0. The smallest absolute Gasteiger partial charge is 0.0506 e. The third kappa shape index (κ3) is 6.39. The molecule has 0 saturated carbocycles. The van der Waals surface area contributed by atoms with Crippen molar-refractivity contribution in [3.8, 4) is 0 Å². The molecular weight excluding hydrogens is 212 g/mol. The van der Waals surface area contributed by atoms with Crippen LogP contribution in [0.1, 0.15) is 40.0 Å². The highest BCUT2D eigenvalue weighted by Crippen LogP contribution is 2.14. The summed E-state index contributed by atoms with van der Waals surface area (Å²) in [5.74, 6) is 0.743. The van der Waals surface area contributed by atoms with E-state index in [1.54, 1.807) is 0 Å². The first-order valence-corrected chi connectivity index (χ1v) is 7.05. The number of ether oxygens (including phenoxy) is 1. The van der Waals surface area contributed by atoms with Gasteiger partial charge in [-0.25, -0.2) is 0 Å². The Balaban J connectivity index is 2.10. The molecule has 0 aromatic heterocycles. The highest BCUT2D eigenvalue weighted by molar-refractivity contribution is 4.76. The Kier molecular flexibility index (Phi) is 6.45. The van der Waals surface area contributed by atoms with Crippen molar-refractivity contribution in [2.75, 3.05) is 39.9 Å². The summed E-state index contributed by atoms with van der Waals surface area (Å²) in [5.41, 5.74) is 0.273. The molecule has 1 aliphatic rings. The average molecular weight is 242 g/mol. The summed E-state index contributed by atoms with van der Waals surface area (Å²) in [6, 6.07) is 0. The number of hydrogen-bond acceptors (Lipinski definition) is 3. The summed E-state index contributed by atoms with van der Waals surface area (Å²) in [7, 11) is 2.22. The molecule has 102 valence electrons. The SMILES string of the molecule is CCC(C)(C)NCCN(C)CC1CCCOC1. The maximum absolute atomic E-state index is 5.52. The third-order valence-corrected chi connectivity index (χ3v) is 3.81. The Morgan fingerprint density at radius 3 is 2.76 bits per heavy atom. The van der Waals surface area contributed by atoms with Crippen LogP contribution in [0.3, 0.4) is 0 Å². The van der Waals surface area contributed by atoms with Gasteiger partial charge in [-0.2, -0.15) is 0 Å². The van der Waals surface area contributed by atoms with E-state index in [4.69, 9.17) is 4.74 Å². The third-order valence-electron chi connectivity index (χ3n) is 3.81. The molecule has 1 rings (SSSR count). The summed E-state index contributed by atoms with van der Waals surface area (Å²) in [5, 5.41) is 3.60. The highest BCUT2D eigenvalue weighted by Gasteiger charge is 2.17. The first kappa shape index (κ1) is 14.9. The molecule has 0 bridgehead atoms. The van der Waals surface area contributed by atoms with Crippen molar-refractivity contribution in [1.82, 2.24) is 10.2 Å². The monoisotopic (exact) mass is 242 g/mol. The zero-order valence-corrected chi connectivity index (χ0v) is 12.1. The lowest BCUT2D eigenvalue weighted by Crippen LogP contribution is -2.43. The van der Waals surface area contributed by atoms with Gasteiger partial charge < -0.3 is 15.0 Å². The van der Waals surface area contributed by atoms with E-state index in [1.807, 2.05) is 0 Å². The number of hydrogen-bond donors (Lipinski definition) is 1. The second-order valence-corrected chi connectivity index (χ2v) is 6.01. The van der Waals surface area contributed by atoms with Crippen LogP contribution in [0.2, 0.25) is 0 Å². The topological polar surface area (TPSA) is 24.5 Å². The minimum atomic E-state index is 0.273. The molecule has 0 aliphatic carbocycles. The minimum Gasteiger partial charge on any atom is -0.381 e. The molecule has 3 heteroatoms. The van der Waals surface area contributed by atoms with E-state index < -0.39 is 0 Å². The predicted octanol–water partition coefficient (Wildman–Crippen LogP) is 2.12. The number of rotatable bonds is 7. The lowest BCUT2D eigenvalue weighted by molar-refractivity contribution is 0.0420. The van der Waals surface area contributed by atoms with Crippen LogP contribution in [0.4, 0.5) is 0 Å².